The van der Waals surface area contributed by atoms with Crippen molar-refractivity contribution in [1.29, 1.82) is 0 Å². The summed E-state index contributed by atoms with van der Waals surface area (Å²) in [7, 11) is 0. The van der Waals surface area contributed by atoms with Gasteiger partial charge in [0.2, 0.25) is 0 Å². The molecule has 0 bridgehead atoms. The smallest absolute Gasteiger partial charge is 0.514 e. The summed E-state index contributed by atoms with van der Waals surface area (Å²) in [6.45, 7) is 2.43. The molecule has 0 aliphatic carbocycles. The Morgan fingerprint density at radius 2 is 2.29 bits per heavy atom. The van der Waals surface area contributed by atoms with E-state index in [1.54, 1.807) is 0 Å². The van der Waals surface area contributed by atoms with Crippen LogP contribution in [0.2, 0.25) is 0 Å². The third-order valence-corrected chi connectivity index (χ3v) is 0.498. The van der Waals surface area contributed by atoms with Crippen molar-refractivity contribution >= 4 is 29.2 Å². The molecule has 4 heteroatoms. The zero-order valence-electron chi connectivity index (χ0n) is 3.73. The fourth-order valence-corrected chi connectivity index (χ4v) is 0.354. The summed E-state index contributed by atoms with van der Waals surface area (Å²) < 4.78 is 4.79. The van der Waals surface area contributed by atoms with E-state index >= 15 is 0 Å². The summed E-state index contributed by atoms with van der Waals surface area (Å²) in [4.78, 5) is 0. The Morgan fingerprint density at radius 3 is 2.29 bits per heavy atom. The normalized spacial score (nSPS) is 6.43. The van der Waals surface area contributed by atoms with E-state index in [1.165, 1.54) is 0 Å². The van der Waals surface area contributed by atoms with E-state index in [-0.39, 0.29) is 26.8 Å². The van der Waals surface area contributed by atoms with Gasteiger partial charge in [-0.2, -0.15) is 0 Å². The van der Waals surface area contributed by atoms with Crippen LogP contribution in [0.5, 0.6) is 0 Å². The predicted molar refractivity (Wildman–Crippen MR) is 31.6 cm³/mol. The van der Waals surface area contributed by atoms with Crippen LogP contribution in [0.3, 0.4) is 0 Å². The van der Waals surface area contributed by atoms with Crippen molar-refractivity contribution in [2.45, 2.75) is 6.92 Å². The molecule has 0 spiro atoms. The minimum Gasteiger partial charge on any atom is -0.514 e. The van der Waals surface area contributed by atoms with E-state index in [0.29, 0.717) is 6.61 Å². The Kier molecular flexibility index (Phi) is 10.5. The number of rotatable bonds is 1. The van der Waals surface area contributed by atoms with Gasteiger partial charge in [-0.05, 0) is 6.92 Å². The van der Waals surface area contributed by atoms with Crippen LogP contribution in [0.4, 0.5) is 0 Å². The quantitative estimate of drug-likeness (QED) is 0.375. The molecule has 0 aliphatic rings. The monoisotopic (exact) mass is 228 g/mol. The fourth-order valence-electron chi connectivity index (χ4n) is 0.118. The van der Waals surface area contributed by atoms with E-state index in [1.807, 2.05) is 6.92 Å². The van der Waals surface area contributed by atoms with Gasteiger partial charge in [0.1, 0.15) is 0 Å². The summed E-state index contributed by atoms with van der Waals surface area (Å²) in [5.74, 6) is 0. The first-order valence-electron chi connectivity index (χ1n) is 1.61. The van der Waals surface area contributed by atoms with Crippen LogP contribution in [0.25, 0.3) is 0 Å². The molecule has 0 aromatic carbocycles. The van der Waals surface area contributed by atoms with Crippen LogP contribution >= 0.6 is 12.2 Å². The average molecular weight is 229 g/mol. The summed E-state index contributed by atoms with van der Waals surface area (Å²) in [5, 5.41) is 0. The van der Waals surface area contributed by atoms with Crippen molar-refractivity contribution in [2.24, 2.45) is 0 Å². The molecule has 46 valence electrons. The fraction of sp³-hybridized carbons (Fsp3) is 0.667. The maximum atomic E-state index is 4.59. The van der Waals surface area contributed by atoms with Gasteiger partial charge in [-0.25, -0.2) is 0 Å². The van der Waals surface area contributed by atoms with Crippen LogP contribution in [0.1, 0.15) is 6.92 Å². The zero-order chi connectivity index (χ0) is 4.99. The summed E-state index contributed by atoms with van der Waals surface area (Å²) in [5.41, 5.74) is 0. The molecule has 0 unspecified atom stereocenters. The molecule has 0 radical (unpaired) electrons. The van der Waals surface area contributed by atoms with Gasteiger partial charge in [0, 0.05) is 4.38 Å². The molecule has 0 saturated carbocycles. The zero-order valence-corrected chi connectivity index (χ0v) is 6.85. The van der Waals surface area contributed by atoms with Gasteiger partial charge in [-0.1, -0.05) is 0 Å². The Bertz CT molecular complexity index is 56.9. The number of hydrogen-bond donors (Lipinski definition) is 0. The van der Waals surface area contributed by atoms with Crippen molar-refractivity contribution in [3.63, 3.8) is 0 Å². The second kappa shape index (κ2) is 6.85. The SMILES string of the molecule is CCOC(=S)[S-].[Ag+]. The molecule has 0 rings (SSSR count). The molecule has 0 N–H and O–H groups in total. The first-order chi connectivity index (χ1) is 2.77. The third-order valence-electron chi connectivity index (χ3n) is 0.262. The van der Waals surface area contributed by atoms with Gasteiger partial charge < -0.3 is 29.6 Å². The van der Waals surface area contributed by atoms with Crippen LogP contribution < -0.4 is 0 Å². The van der Waals surface area contributed by atoms with Gasteiger partial charge in [0.05, 0.1) is 6.61 Å². The molecule has 0 aliphatic heterocycles. The Labute approximate surface area is 69.7 Å². The first-order valence-corrected chi connectivity index (χ1v) is 2.42. The number of thiocarbonyl (C=S) groups is 1. The molecule has 0 aromatic heterocycles. The van der Waals surface area contributed by atoms with Crippen molar-refractivity contribution in [1.82, 2.24) is 0 Å². The Balaban J connectivity index is 0. The maximum Gasteiger partial charge on any atom is 1.00 e. The molecule has 7 heavy (non-hydrogen) atoms. The topological polar surface area (TPSA) is 9.23 Å². The predicted octanol–water partition coefficient (Wildman–Crippen LogP) is 0.852. The third kappa shape index (κ3) is 10.9. The molecule has 0 saturated heterocycles. The van der Waals surface area contributed by atoms with E-state index in [9.17, 15) is 0 Å². The van der Waals surface area contributed by atoms with Crippen molar-refractivity contribution < 1.29 is 27.1 Å². The Morgan fingerprint density at radius 1 is 1.86 bits per heavy atom. The van der Waals surface area contributed by atoms with Gasteiger partial charge in [-0.15, -0.1) is 0 Å². The van der Waals surface area contributed by atoms with Crippen molar-refractivity contribution in [2.75, 3.05) is 6.61 Å². The number of hydrogen-bond acceptors (Lipinski definition) is 3. The minimum atomic E-state index is 0. The van der Waals surface area contributed by atoms with Crippen LogP contribution in [-0.2, 0) is 39.7 Å². The van der Waals surface area contributed by atoms with E-state index in [0.717, 1.165) is 0 Å². The molecule has 0 atom stereocenters. The Hall–Kier alpha value is 0.850. The average Bonchev–Trinajstić information content (AvgIpc) is 1.35. The maximum absolute atomic E-state index is 4.59. The number of ether oxygens (including phenoxy) is 1. The van der Waals surface area contributed by atoms with Crippen LogP contribution in [0, 0.1) is 0 Å². The molecule has 1 nitrogen and oxygen atoms in total. The molecule has 0 aromatic rings. The van der Waals surface area contributed by atoms with Crippen molar-refractivity contribution in [3.05, 3.63) is 0 Å². The van der Waals surface area contributed by atoms with E-state index < -0.39 is 0 Å². The van der Waals surface area contributed by atoms with E-state index in [2.05, 4.69) is 29.6 Å². The molecule has 0 heterocycles. The van der Waals surface area contributed by atoms with Crippen LogP contribution in [0.15, 0.2) is 0 Å². The molecule has 0 amide bonds. The molecule has 0 fully saturated rings. The second-order valence-electron chi connectivity index (χ2n) is 0.683. The summed E-state index contributed by atoms with van der Waals surface area (Å²) in [6, 6.07) is 0. The van der Waals surface area contributed by atoms with Crippen LogP contribution in [-0.4, -0.2) is 11.0 Å². The minimum absolute atomic E-state index is 0. The van der Waals surface area contributed by atoms with Gasteiger partial charge in [0.15, 0.2) is 0 Å². The summed E-state index contributed by atoms with van der Waals surface area (Å²) in [6.07, 6.45) is 0. The second-order valence-corrected chi connectivity index (χ2v) is 1.68. The largest absolute Gasteiger partial charge is 1.00 e. The molecular formula is C3H5AgOS2. The van der Waals surface area contributed by atoms with Gasteiger partial charge in [-0.3, -0.25) is 0 Å². The molecular weight excluding hydrogens is 224 g/mol. The van der Waals surface area contributed by atoms with Gasteiger partial charge in [0.25, 0.3) is 0 Å². The first kappa shape index (κ1) is 10.8. The van der Waals surface area contributed by atoms with Gasteiger partial charge >= 0.3 is 22.4 Å². The standard InChI is InChI=1S/C3H6OS2.Ag/c1-2-4-3(5)6;/h2H2,1H3,(H,5,6);/q;+1/p-1. The summed E-state index contributed by atoms with van der Waals surface area (Å²) >= 11 is 8.77. The van der Waals surface area contributed by atoms with E-state index in [4.69, 9.17) is 0 Å². The van der Waals surface area contributed by atoms with Crippen molar-refractivity contribution in [3.8, 4) is 0 Å².